The zero-order valence-electron chi connectivity index (χ0n) is 11.0. The number of anilines is 2. The maximum Gasteiger partial charge on any atom is 0.264 e. The lowest BCUT2D eigenvalue weighted by molar-refractivity contribution is -0.116. The Morgan fingerprint density at radius 1 is 1.38 bits per heavy atom. The molecule has 2 aromatic rings. The van der Waals surface area contributed by atoms with E-state index in [1.165, 1.54) is 16.7 Å². The zero-order chi connectivity index (χ0) is 15.4. The number of rotatable bonds is 4. The predicted molar refractivity (Wildman–Crippen MR) is 82.5 cm³/mol. The molecular weight excluding hydrogens is 341 g/mol. The van der Waals surface area contributed by atoms with Crippen LogP contribution in [0.5, 0.6) is 0 Å². The summed E-state index contributed by atoms with van der Waals surface area (Å²) in [6.45, 7) is 0.241. The molecule has 21 heavy (non-hydrogen) atoms. The summed E-state index contributed by atoms with van der Waals surface area (Å²) in [7, 11) is 0. The minimum absolute atomic E-state index is 0.104. The van der Waals surface area contributed by atoms with Crippen LogP contribution >= 0.6 is 15.9 Å². The molecule has 0 fully saturated rings. The number of pyridine rings is 1. The molecule has 1 aromatic heterocycles. The third-order valence-corrected chi connectivity index (χ3v) is 3.44. The van der Waals surface area contributed by atoms with Gasteiger partial charge in [0.1, 0.15) is 5.82 Å². The van der Waals surface area contributed by atoms with Gasteiger partial charge in [0.2, 0.25) is 5.91 Å². The maximum absolute atomic E-state index is 12.9. The van der Waals surface area contributed by atoms with Gasteiger partial charge >= 0.3 is 0 Å². The predicted octanol–water partition coefficient (Wildman–Crippen LogP) is 2.36. The highest BCUT2D eigenvalue weighted by Crippen LogP contribution is 2.19. The number of halogens is 2. The van der Waals surface area contributed by atoms with Crippen LogP contribution in [0.4, 0.5) is 15.8 Å². The number of hydrogen-bond acceptors (Lipinski definition) is 3. The van der Waals surface area contributed by atoms with Crippen molar-refractivity contribution in [1.29, 1.82) is 0 Å². The number of carbonyl (C=O) groups excluding carboxylic acids is 1. The fourth-order valence-corrected chi connectivity index (χ4v) is 2.15. The lowest BCUT2D eigenvalue weighted by Crippen LogP contribution is -2.23. The number of amides is 1. The molecule has 1 heterocycles. The second-order valence-electron chi connectivity index (χ2n) is 4.38. The number of carbonyl (C=O) groups is 1. The summed E-state index contributed by atoms with van der Waals surface area (Å²) < 4.78 is 14.8. The van der Waals surface area contributed by atoms with Crippen LogP contribution in [0.1, 0.15) is 6.42 Å². The molecule has 0 saturated carbocycles. The van der Waals surface area contributed by atoms with E-state index < -0.39 is 5.82 Å². The first-order chi connectivity index (χ1) is 9.97. The van der Waals surface area contributed by atoms with Gasteiger partial charge in [-0.2, -0.15) is 0 Å². The largest absolute Gasteiger partial charge is 0.397 e. The minimum atomic E-state index is -0.466. The van der Waals surface area contributed by atoms with E-state index in [0.717, 1.165) is 6.07 Å². The van der Waals surface area contributed by atoms with Gasteiger partial charge in [-0.1, -0.05) is 0 Å². The first kappa shape index (κ1) is 15.2. The fourth-order valence-electron chi connectivity index (χ4n) is 1.77. The molecule has 1 aromatic carbocycles. The number of hydrogen-bond donors (Lipinski definition) is 2. The maximum atomic E-state index is 12.9. The Bertz CT molecular complexity index is 730. The average Bonchev–Trinajstić information content (AvgIpc) is 2.43. The molecule has 0 bridgehead atoms. The van der Waals surface area contributed by atoms with Crippen molar-refractivity contribution >= 4 is 33.2 Å². The third-order valence-electron chi connectivity index (χ3n) is 2.84. The van der Waals surface area contributed by atoms with Crippen LogP contribution in [0.2, 0.25) is 0 Å². The lowest BCUT2D eigenvalue weighted by Gasteiger charge is -2.09. The van der Waals surface area contributed by atoms with E-state index >= 15 is 0 Å². The van der Waals surface area contributed by atoms with E-state index in [0.29, 0.717) is 10.2 Å². The first-order valence-corrected chi connectivity index (χ1v) is 6.96. The van der Waals surface area contributed by atoms with Gasteiger partial charge in [-0.3, -0.25) is 9.59 Å². The Morgan fingerprint density at radius 2 is 2.14 bits per heavy atom. The highest BCUT2D eigenvalue weighted by Gasteiger charge is 2.07. The molecule has 7 heteroatoms. The van der Waals surface area contributed by atoms with Crippen molar-refractivity contribution in [3.8, 4) is 0 Å². The summed E-state index contributed by atoms with van der Waals surface area (Å²) in [5.41, 5.74) is 5.91. The van der Waals surface area contributed by atoms with Gasteiger partial charge in [0.05, 0.1) is 15.8 Å². The Morgan fingerprint density at radius 3 is 2.86 bits per heavy atom. The molecule has 1 amide bonds. The van der Waals surface area contributed by atoms with Gasteiger partial charge in [-0.05, 0) is 46.3 Å². The van der Waals surface area contributed by atoms with E-state index in [4.69, 9.17) is 5.73 Å². The van der Waals surface area contributed by atoms with Crippen LogP contribution in [0, 0.1) is 5.82 Å². The SMILES string of the molecule is Nc1cc(F)ccc1NC(=O)CCn1cccc(Br)c1=O. The van der Waals surface area contributed by atoms with Crippen LogP contribution < -0.4 is 16.6 Å². The number of nitrogens with two attached hydrogens (primary N) is 1. The molecule has 2 rings (SSSR count). The van der Waals surface area contributed by atoms with Crippen LogP contribution in [-0.4, -0.2) is 10.5 Å². The Labute approximate surface area is 128 Å². The number of aromatic nitrogens is 1. The average molecular weight is 354 g/mol. The lowest BCUT2D eigenvalue weighted by atomic mass is 10.2. The van der Waals surface area contributed by atoms with Gasteiger partial charge in [0, 0.05) is 19.2 Å². The van der Waals surface area contributed by atoms with E-state index in [-0.39, 0.29) is 30.1 Å². The second-order valence-corrected chi connectivity index (χ2v) is 5.24. The summed E-state index contributed by atoms with van der Waals surface area (Å²) >= 11 is 3.14. The van der Waals surface area contributed by atoms with Crippen LogP contribution in [-0.2, 0) is 11.3 Å². The summed E-state index contributed by atoms with van der Waals surface area (Å²) in [5.74, 6) is -0.772. The molecular formula is C14H13BrFN3O2. The van der Waals surface area contributed by atoms with Crippen LogP contribution in [0.25, 0.3) is 0 Å². The standard InChI is InChI=1S/C14H13BrFN3O2/c15-10-2-1-6-19(14(10)21)7-5-13(20)18-12-4-3-9(16)8-11(12)17/h1-4,6,8H,5,7,17H2,(H,18,20). The molecule has 0 atom stereocenters. The molecule has 0 saturated heterocycles. The minimum Gasteiger partial charge on any atom is -0.397 e. The number of aryl methyl sites for hydroxylation is 1. The molecule has 0 aliphatic heterocycles. The van der Waals surface area contributed by atoms with E-state index in [1.54, 1.807) is 18.3 Å². The quantitative estimate of drug-likeness (QED) is 0.828. The van der Waals surface area contributed by atoms with Crippen molar-refractivity contribution in [2.45, 2.75) is 13.0 Å². The zero-order valence-corrected chi connectivity index (χ0v) is 12.6. The number of nitrogens with one attached hydrogen (secondary N) is 1. The summed E-state index contributed by atoms with van der Waals surface area (Å²) in [5, 5.41) is 2.58. The van der Waals surface area contributed by atoms with Gasteiger partial charge in [-0.15, -0.1) is 0 Å². The van der Waals surface area contributed by atoms with Gasteiger partial charge < -0.3 is 15.6 Å². The van der Waals surface area contributed by atoms with Crippen molar-refractivity contribution < 1.29 is 9.18 Å². The van der Waals surface area contributed by atoms with Gasteiger partial charge in [0.25, 0.3) is 5.56 Å². The molecule has 0 aliphatic rings. The van der Waals surface area contributed by atoms with Crippen molar-refractivity contribution in [3.05, 3.63) is 57.2 Å². The van der Waals surface area contributed by atoms with Crippen molar-refractivity contribution in [2.75, 3.05) is 11.1 Å². The normalized spacial score (nSPS) is 10.4. The smallest absolute Gasteiger partial charge is 0.264 e. The summed E-state index contributed by atoms with van der Waals surface area (Å²) in [4.78, 5) is 23.6. The number of benzene rings is 1. The molecule has 0 spiro atoms. The monoisotopic (exact) mass is 353 g/mol. The fraction of sp³-hybridized carbons (Fsp3) is 0.143. The highest BCUT2D eigenvalue weighted by atomic mass is 79.9. The highest BCUT2D eigenvalue weighted by molar-refractivity contribution is 9.10. The van der Waals surface area contributed by atoms with Crippen molar-refractivity contribution in [2.24, 2.45) is 0 Å². The van der Waals surface area contributed by atoms with Gasteiger partial charge in [-0.25, -0.2) is 4.39 Å². The Balaban J connectivity index is 1.99. The Hall–Kier alpha value is -2.15. The third kappa shape index (κ3) is 3.91. The number of nitrogens with zero attached hydrogens (tertiary/aromatic N) is 1. The van der Waals surface area contributed by atoms with Crippen molar-refractivity contribution in [3.63, 3.8) is 0 Å². The molecule has 0 unspecified atom stereocenters. The van der Waals surface area contributed by atoms with Crippen molar-refractivity contribution in [1.82, 2.24) is 4.57 Å². The first-order valence-electron chi connectivity index (χ1n) is 6.17. The molecule has 0 aliphatic carbocycles. The van der Waals surface area contributed by atoms with E-state index in [9.17, 15) is 14.0 Å². The van der Waals surface area contributed by atoms with Crippen LogP contribution in [0.3, 0.4) is 0 Å². The van der Waals surface area contributed by atoms with E-state index in [1.807, 2.05) is 0 Å². The Kier molecular flexibility index (Phi) is 4.74. The molecule has 0 radical (unpaired) electrons. The van der Waals surface area contributed by atoms with E-state index in [2.05, 4.69) is 21.2 Å². The topological polar surface area (TPSA) is 77.1 Å². The van der Waals surface area contributed by atoms with Crippen LogP contribution in [0.15, 0.2) is 45.8 Å². The second kappa shape index (κ2) is 6.53. The molecule has 5 nitrogen and oxygen atoms in total. The summed E-state index contributed by atoms with van der Waals surface area (Å²) in [6.07, 6.45) is 1.71. The molecule has 110 valence electrons. The number of nitrogen functional groups attached to an aromatic ring is 1. The summed E-state index contributed by atoms with van der Waals surface area (Å²) in [6, 6.07) is 7.09. The molecule has 3 N–H and O–H groups in total. The van der Waals surface area contributed by atoms with Gasteiger partial charge in [0.15, 0.2) is 0 Å².